The van der Waals surface area contributed by atoms with E-state index in [2.05, 4.69) is 11.2 Å². The Morgan fingerprint density at radius 1 is 1.53 bits per heavy atom. The Hall–Kier alpha value is -2.02. The van der Waals surface area contributed by atoms with Gasteiger partial charge < -0.3 is 5.32 Å². The fourth-order valence-electron chi connectivity index (χ4n) is 1.45. The molecule has 1 rings (SSSR count). The van der Waals surface area contributed by atoms with Crippen molar-refractivity contribution in [3.63, 3.8) is 0 Å². The lowest BCUT2D eigenvalue weighted by atomic mass is 10.1. The third-order valence-electron chi connectivity index (χ3n) is 2.40. The zero-order valence-corrected chi connectivity index (χ0v) is 10.3. The number of hydrogen-bond acceptors (Lipinski definition) is 3. The molecule has 0 unspecified atom stereocenters. The summed E-state index contributed by atoms with van der Waals surface area (Å²) in [5, 5.41) is 14.0. The minimum absolute atomic E-state index is 0.0714. The van der Waals surface area contributed by atoms with E-state index in [1.54, 1.807) is 13.0 Å². The van der Waals surface area contributed by atoms with E-state index < -0.39 is 4.92 Å². The van der Waals surface area contributed by atoms with Crippen LogP contribution in [-0.2, 0) is 0 Å². The zero-order valence-electron chi connectivity index (χ0n) is 10.3. The Morgan fingerprint density at radius 3 is 2.65 bits per heavy atom. The minimum atomic E-state index is -0.393. The van der Waals surface area contributed by atoms with Gasteiger partial charge in [-0.3, -0.25) is 10.1 Å². The number of nitrogens with zero attached hydrogens (tertiary/aromatic N) is 1. The molecule has 0 bridgehead atoms. The fraction of sp³-hybridized carbons (Fsp3) is 0.385. The molecular formula is C13H16N2O2. The van der Waals surface area contributed by atoms with Gasteiger partial charge in [-0.2, -0.15) is 0 Å². The molecule has 1 aromatic carbocycles. The van der Waals surface area contributed by atoms with Crippen LogP contribution in [-0.4, -0.2) is 11.5 Å². The van der Waals surface area contributed by atoms with Crippen LogP contribution in [0.1, 0.15) is 25.0 Å². The molecular weight excluding hydrogens is 216 g/mol. The highest BCUT2D eigenvalue weighted by molar-refractivity contribution is 5.66. The fourth-order valence-corrected chi connectivity index (χ4v) is 1.45. The number of hydrogen-bond donors (Lipinski definition) is 1. The molecule has 0 saturated heterocycles. The largest absolute Gasteiger partial charge is 0.379 e. The molecule has 0 saturated carbocycles. The van der Waals surface area contributed by atoms with Crippen molar-refractivity contribution < 1.29 is 4.92 Å². The summed E-state index contributed by atoms with van der Waals surface area (Å²) in [7, 11) is 0. The lowest BCUT2D eigenvalue weighted by Crippen LogP contribution is -2.10. The number of anilines is 1. The van der Waals surface area contributed by atoms with Gasteiger partial charge in [0.05, 0.1) is 4.92 Å². The molecule has 0 spiro atoms. The third kappa shape index (κ3) is 3.22. The molecule has 0 radical (unpaired) electrons. The Labute approximate surface area is 101 Å². The van der Waals surface area contributed by atoms with Crippen molar-refractivity contribution in [3.8, 4) is 12.3 Å². The first kappa shape index (κ1) is 13.0. The summed E-state index contributed by atoms with van der Waals surface area (Å²) >= 11 is 0. The molecule has 4 heteroatoms. The Kier molecular flexibility index (Phi) is 4.11. The molecule has 17 heavy (non-hydrogen) atoms. The van der Waals surface area contributed by atoms with Crippen molar-refractivity contribution in [3.05, 3.63) is 33.4 Å². The number of aryl methyl sites for hydroxylation is 1. The highest BCUT2D eigenvalue weighted by Gasteiger charge is 2.15. The molecule has 4 nitrogen and oxygen atoms in total. The van der Waals surface area contributed by atoms with Gasteiger partial charge in [0, 0.05) is 18.2 Å². The second-order valence-electron chi connectivity index (χ2n) is 4.36. The second kappa shape index (κ2) is 5.35. The monoisotopic (exact) mass is 232 g/mol. The van der Waals surface area contributed by atoms with Gasteiger partial charge in [-0.05, 0) is 24.5 Å². The van der Waals surface area contributed by atoms with Crippen LogP contribution in [0.2, 0.25) is 0 Å². The van der Waals surface area contributed by atoms with Gasteiger partial charge in [-0.1, -0.05) is 19.8 Å². The maximum absolute atomic E-state index is 10.9. The summed E-state index contributed by atoms with van der Waals surface area (Å²) in [5.41, 5.74) is 1.99. The number of rotatable bonds is 4. The van der Waals surface area contributed by atoms with E-state index in [0.29, 0.717) is 23.7 Å². The van der Waals surface area contributed by atoms with Gasteiger partial charge in [-0.25, -0.2) is 0 Å². The van der Waals surface area contributed by atoms with Gasteiger partial charge >= 0.3 is 0 Å². The molecule has 1 aromatic rings. The first-order valence-corrected chi connectivity index (χ1v) is 5.45. The maximum Gasteiger partial charge on any atom is 0.292 e. The average Bonchev–Trinajstić information content (AvgIpc) is 2.26. The molecule has 0 aliphatic carbocycles. The van der Waals surface area contributed by atoms with Crippen molar-refractivity contribution in [2.45, 2.75) is 20.8 Å². The molecule has 0 aliphatic heterocycles. The van der Waals surface area contributed by atoms with Gasteiger partial charge in [-0.15, -0.1) is 6.42 Å². The average molecular weight is 232 g/mol. The van der Waals surface area contributed by atoms with E-state index in [4.69, 9.17) is 6.42 Å². The highest BCUT2D eigenvalue weighted by atomic mass is 16.6. The Morgan fingerprint density at radius 2 is 2.18 bits per heavy atom. The van der Waals surface area contributed by atoms with Crippen molar-refractivity contribution in [2.24, 2.45) is 5.92 Å². The minimum Gasteiger partial charge on any atom is -0.379 e. The first-order chi connectivity index (χ1) is 7.95. The lowest BCUT2D eigenvalue weighted by Gasteiger charge is -2.11. The highest BCUT2D eigenvalue weighted by Crippen LogP contribution is 2.28. The number of benzene rings is 1. The van der Waals surface area contributed by atoms with Crippen molar-refractivity contribution >= 4 is 11.4 Å². The van der Waals surface area contributed by atoms with Crippen LogP contribution in [0.15, 0.2) is 12.1 Å². The summed E-state index contributed by atoms with van der Waals surface area (Å²) in [6, 6.07) is 3.17. The standard InChI is InChI=1S/C13H16N2O2/c1-5-11-7-12(14-8-9(2)3)13(15(16)17)6-10(11)4/h1,6-7,9,14H,8H2,2-4H3. The van der Waals surface area contributed by atoms with Crippen LogP contribution in [0, 0.1) is 35.3 Å². The summed E-state index contributed by atoms with van der Waals surface area (Å²) in [4.78, 5) is 10.5. The van der Waals surface area contributed by atoms with E-state index >= 15 is 0 Å². The molecule has 0 atom stereocenters. The Balaban J connectivity index is 3.16. The number of nitro benzene ring substituents is 1. The van der Waals surface area contributed by atoms with Crippen LogP contribution in [0.25, 0.3) is 0 Å². The van der Waals surface area contributed by atoms with E-state index in [1.165, 1.54) is 6.07 Å². The summed E-state index contributed by atoms with van der Waals surface area (Å²) in [5.74, 6) is 2.93. The molecule has 0 fully saturated rings. The van der Waals surface area contributed by atoms with Crippen molar-refractivity contribution in [2.75, 3.05) is 11.9 Å². The van der Waals surface area contributed by atoms with Crippen LogP contribution >= 0.6 is 0 Å². The van der Waals surface area contributed by atoms with Crippen LogP contribution in [0.3, 0.4) is 0 Å². The van der Waals surface area contributed by atoms with Crippen LogP contribution in [0.4, 0.5) is 11.4 Å². The molecule has 90 valence electrons. The second-order valence-corrected chi connectivity index (χ2v) is 4.36. The maximum atomic E-state index is 10.9. The van der Waals surface area contributed by atoms with E-state index in [0.717, 1.165) is 5.56 Å². The van der Waals surface area contributed by atoms with E-state index in [9.17, 15) is 10.1 Å². The predicted molar refractivity (Wildman–Crippen MR) is 69.1 cm³/mol. The number of terminal acetylenes is 1. The van der Waals surface area contributed by atoms with Crippen molar-refractivity contribution in [1.29, 1.82) is 0 Å². The molecule has 0 aromatic heterocycles. The van der Waals surface area contributed by atoms with Crippen molar-refractivity contribution in [1.82, 2.24) is 0 Å². The van der Waals surface area contributed by atoms with E-state index in [-0.39, 0.29) is 5.69 Å². The first-order valence-electron chi connectivity index (χ1n) is 5.45. The molecule has 0 aliphatic rings. The van der Waals surface area contributed by atoms with Crippen LogP contribution in [0.5, 0.6) is 0 Å². The summed E-state index contributed by atoms with van der Waals surface area (Å²) in [6.45, 7) is 6.52. The number of nitro groups is 1. The zero-order chi connectivity index (χ0) is 13.0. The topological polar surface area (TPSA) is 55.2 Å². The van der Waals surface area contributed by atoms with E-state index in [1.807, 2.05) is 13.8 Å². The van der Waals surface area contributed by atoms with Gasteiger partial charge in [0.1, 0.15) is 5.69 Å². The SMILES string of the molecule is C#Cc1cc(NCC(C)C)c([N+](=O)[O-])cc1C. The van der Waals surface area contributed by atoms with Gasteiger partial charge in [0.2, 0.25) is 0 Å². The summed E-state index contributed by atoms with van der Waals surface area (Å²) < 4.78 is 0. The van der Waals surface area contributed by atoms with Crippen LogP contribution < -0.4 is 5.32 Å². The van der Waals surface area contributed by atoms with Gasteiger partial charge in [0.15, 0.2) is 0 Å². The van der Waals surface area contributed by atoms with Gasteiger partial charge in [0.25, 0.3) is 5.69 Å². The normalized spacial score (nSPS) is 10.1. The third-order valence-corrected chi connectivity index (χ3v) is 2.40. The smallest absolute Gasteiger partial charge is 0.292 e. The summed E-state index contributed by atoms with van der Waals surface area (Å²) in [6.07, 6.45) is 5.35. The predicted octanol–water partition coefficient (Wildman–Crippen LogP) is 2.95. The lowest BCUT2D eigenvalue weighted by molar-refractivity contribution is -0.384. The number of nitrogens with one attached hydrogen (secondary N) is 1. The Bertz CT molecular complexity index is 473. The molecule has 0 heterocycles. The molecule has 1 N–H and O–H groups in total. The molecule has 0 amide bonds. The quantitative estimate of drug-likeness (QED) is 0.493.